The first-order valence-corrected chi connectivity index (χ1v) is 20.8. The molecule has 0 bridgehead atoms. The third-order valence-corrected chi connectivity index (χ3v) is 12.9. The van der Waals surface area contributed by atoms with E-state index in [1.807, 2.05) is 30.3 Å². The quantitative estimate of drug-likeness (QED) is 0.162. The SMILES string of the molecule is Oc1ccc2c(c1-c1[c-]c(Oc3cc(C4CCCCC4)cc(-c4nc5ccccc5n4-c4ccccc4-c4ccccc4)n3)ccc1)CC1(Cc3ccccc3C1)C2.[Pt]. The molecule has 0 saturated heterocycles. The molecule has 1 N–H and O–H groups in total. The van der Waals surface area contributed by atoms with Gasteiger partial charge in [0.25, 0.3) is 0 Å². The third-order valence-electron chi connectivity index (χ3n) is 12.9. The number of hydrogen-bond donors (Lipinski definition) is 1. The Bertz CT molecular complexity index is 2810. The molecular weight excluding hydrogens is 906 g/mol. The number of aromatic nitrogens is 3. The predicted molar refractivity (Wildman–Crippen MR) is 232 cm³/mol. The van der Waals surface area contributed by atoms with E-state index in [1.165, 1.54) is 47.1 Å². The van der Waals surface area contributed by atoms with Crippen LogP contribution in [-0.4, -0.2) is 19.6 Å². The third kappa shape index (κ3) is 6.90. The van der Waals surface area contributed by atoms with E-state index < -0.39 is 0 Å². The molecule has 3 aliphatic rings. The number of fused-ring (bicyclic) bond motifs is 3. The summed E-state index contributed by atoms with van der Waals surface area (Å²) >= 11 is 0. The average Bonchev–Trinajstić information content (AvgIpc) is 3.96. The molecule has 0 amide bonds. The van der Waals surface area contributed by atoms with Crippen molar-refractivity contribution in [1.29, 1.82) is 0 Å². The summed E-state index contributed by atoms with van der Waals surface area (Å²) in [7, 11) is 0. The first-order chi connectivity index (χ1) is 28.6. The van der Waals surface area contributed by atoms with Crippen LogP contribution in [0.15, 0.2) is 146 Å². The number of phenols is 1. The molecule has 0 atom stereocenters. The average molecular weight is 950 g/mol. The Morgan fingerprint density at radius 1 is 0.661 bits per heavy atom. The molecule has 3 aliphatic carbocycles. The molecule has 8 aromatic rings. The number of para-hydroxylation sites is 3. The van der Waals surface area contributed by atoms with E-state index in [0.29, 0.717) is 17.5 Å². The number of aromatic hydroxyl groups is 1. The minimum Gasteiger partial charge on any atom is -0.517 e. The smallest absolute Gasteiger partial charge is 0.218 e. The van der Waals surface area contributed by atoms with Crippen LogP contribution in [0, 0.1) is 11.5 Å². The summed E-state index contributed by atoms with van der Waals surface area (Å²) in [6, 6.07) is 54.2. The fourth-order valence-corrected chi connectivity index (χ4v) is 10.3. The van der Waals surface area contributed by atoms with Gasteiger partial charge < -0.3 is 9.84 Å². The van der Waals surface area contributed by atoms with Gasteiger partial charge in [0.2, 0.25) is 5.88 Å². The maximum absolute atomic E-state index is 11.4. The van der Waals surface area contributed by atoms with Gasteiger partial charge >= 0.3 is 0 Å². The molecule has 5 nitrogen and oxygen atoms in total. The topological polar surface area (TPSA) is 60.2 Å². The zero-order valence-electron chi connectivity index (χ0n) is 32.8. The molecule has 2 heterocycles. The van der Waals surface area contributed by atoms with Gasteiger partial charge in [-0.3, -0.25) is 4.57 Å². The molecule has 11 rings (SSSR count). The van der Waals surface area contributed by atoms with Crippen LogP contribution in [0.2, 0.25) is 0 Å². The van der Waals surface area contributed by atoms with Gasteiger partial charge in [-0.25, -0.2) is 9.97 Å². The van der Waals surface area contributed by atoms with Crippen molar-refractivity contribution in [3.05, 3.63) is 179 Å². The molecule has 294 valence electrons. The van der Waals surface area contributed by atoms with Gasteiger partial charge in [-0.15, -0.1) is 23.8 Å². The predicted octanol–water partition coefficient (Wildman–Crippen LogP) is 12.6. The van der Waals surface area contributed by atoms with Crippen LogP contribution in [-0.2, 0) is 46.7 Å². The largest absolute Gasteiger partial charge is 0.517 e. The van der Waals surface area contributed by atoms with Crippen molar-refractivity contribution in [3.8, 4) is 56.8 Å². The van der Waals surface area contributed by atoms with E-state index in [2.05, 4.69) is 126 Å². The van der Waals surface area contributed by atoms with Crippen LogP contribution in [0.3, 0.4) is 0 Å². The van der Waals surface area contributed by atoms with Crippen molar-refractivity contribution in [2.75, 3.05) is 0 Å². The van der Waals surface area contributed by atoms with E-state index in [-0.39, 0.29) is 32.2 Å². The Hall–Kier alpha value is -5.77. The van der Waals surface area contributed by atoms with Crippen LogP contribution in [0.25, 0.3) is 50.5 Å². The summed E-state index contributed by atoms with van der Waals surface area (Å²) in [6.45, 7) is 0. The second-order valence-electron chi connectivity index (χ2n) is 16.7. The van der Waals surface area contributed by atoms with Crippen molar-refractivity contribution in [1.82, 2.24) is 14.5 Å². The van der Waals surface area contributed by atoms with Gasteiger partial charge in [0.05, 0.1) is 22.5 Å². The standard InChI is InChI=1S/C53H44N3O2.Pt/c57-49-27-26-40-33-53(31-38-18-7-8-19-39(38)32-53)34-44(40)51(49)37-20-13-21-42(28-37)58-50-30-41(35-14-3-1-4-15-35)29-46(54-50)52-55-45-23-10-12-25-48(45)56(52)47-24-11-9-22-43(47)36-16-5-2-6-17-36;/h2,5-13,16-27,29-30,35,57H,1,3-4,14-15,31-34H2;/q-1;. The van der Waals surface area contributed by atoms with Gasteiger partial charge in [-0.1, -0.05) is 133 Å². The molecular formula is C53H44N3O2Pt-. The maximum Gasteiger partial charge on any atom is 0.218 e. The van der Waals surface area contributed by atoms with Crippen LogP contribution in [0.4, 0.5) is 0 Å². The Balaban J connectivity index is 0.00000420. The van der Waals surface area contributed by atoms with E-state index in [9.17, 15) is 5.11 Å². The van der Waals surface area contributed by atoms with E-state index >= 15 is 0 Å². The van der Waals surface area contributed by atoms with Gasteiger partial charge in [0, 0.05) is 38.4 Å². The number of ether oxygens (including phenoxy) is 1. The summed E-state index contributed by atoms with van der Waals surface area (Å²) in [4.78, 5) is 10.5. The fourth-order valence-electron chi connectivity index (χ4n) is 10.3. The first-order valence-electron chi connectivity index (χ1n) is 20.8. The number of benzene rings is 6. The molecule has 59 heavy (non-hydrogen) atoms. The first kappa shape index (κ1) is 37.5. The second kappa shape index (κ2) is 15.4. The second-order valence-corrected chi connectivity index (χ2v) is 16.7. The van der Waals surface area contributed by atoms with Gasteiger partial charge in [0.1, 0.15) is 5.69 Å². The Morgan fingerprint density at radius 2 is 1.39 bits per heavy atom. The minimum atomic E-state index is 0. The molecule has 1 saturated carbocycles. The minimum absolute atomic E-state index is 0. The molecule has 2 aromatic heterocycles. The Kier molecular flexibility index (Phi) is 9.81. The zero-order chi connectivity index (χ0) is 38.6. The van der Waals surface area contributed by atoms with Crippen molar-refractivity contribution < 1.29 is 30.9 Å². The maximum atomic E-state index is 11.4. The number of phenolic OH excluding ortho intramolecular Hbond substituents is 1. The summed E-state index contributed by atoms with van der Waals surface area (Å²) in [6.07, 6.45) is 10.1. The molecule has 0 unspecified atom stereocenters. The fraction of sp³-hybridized carbons (Fsp3) is 0.208. The Morgan fingerprint density at radius 3 is 2.22 bits per heavy atom. The molecule has 1 spiro atoms. The van der Waals surface area contributed by atoms with Crippen molar-refractivity contribution in [2.24, 2.45) is 5.41 Å². The molecule has 0 aliphatic heterocycles. The summed E-state index contributed by atoms with van der Waals surface area (Å²) in [5.74, 6) is 2.57. The number of nitrogens with zero attached hydrogens (tertiary/aromatic N) is 3. The number of pyridine rings is 1. The van der Waals surface area contributed by atoms with E-state index in [1.54, 1.807) is 0 Å². The van der Waals surface area contributed by atoms with Crippen LogP contribution in [0.1, 0.15) is 65.8 Å². The van der Waals surface area contributed by atoms with Crippen LogP contribution >= 0.6 is 0 Å². The number of hydrogen-bond acceptors (Lipinski definition) is 4. The van der Waals surface area contributed by atoms with Crippen molar-refractivity contribution >= 4 is 11.0 Å². The summed E-state index contributed by atoms with van der Waals surface area (Å²) in [5.41, 5.74) is 14.6. The summed E-state index contributed by atoms with van der Waals surface area (Å²) < 4.78 is 9.02. The van der Waals surface area contributed by atoms with E-state index in [0.717, 1.165) is 89.0 Å². The summed E-state index contributed by atoms with van der Waals surface area (Å²) in [5, 5.41) is 11.4. The number of rotatable bonds is 7. The van der Waals surface area contributed by atoms with Gasteiger partial charge in [-0.2, -0.15) is 0 Å². The van der Waals surface area contributed by atoms with E-state index in [4.69, 9.17) is 14.7 Å². The molecule has 6 aromatic carbocycles. The molecule has 1 fully saturated rings. The van der Waals surface area contributed by atoms with Crippen molar-refractivity contribution in [2.45, 2.75) is 63.7 Å². The van der Waals surface area contributed by atoms with Crippen LogP contribution < -0.4 is 4.74 Å². The number of imidazole rings is 1. The monoisotopic (exact) mass is 949 g/mol. The zero-order valence-corrected chi connectivity index (χ0v) is 35.1. The molecule has 0 radical (unpaired) electrons. The van der Waals surface area contributed by atoms with Crippen LogP contribution in [0.5, 0.6) is 17.4 Å². The Labute approximate surface area is 360 Å². The molecule has 6 heteroatoms. The van der Waals surface area contributed by atoms with Gasteiger partial charge in [-0.05, 0) is 102 Å². The van der Waals surface area contributed by atoms with Crippen molar-refractivity contribution in [3.63, 3.8) is 0 Å². The normalized spacial score (nSPS) is 15.5. The van der Waals surface area contributed by atoms with Gasteiger partial charge in [0.15, 0.2) is 5.82 Å².